The Hall–Kier alpha value is -4.36. The molecule has 1 aromatic heterocycles. The zero-order valence-electron chi connectivity index (χ0n) is 24.8. The minimum atomic E-state index is -0.131. The van der Waals surface area contributed by atoms with Crippen LogP contribution in [0.1, 0.15) is 50.5 Å². The number of anilines is 1. The summed E-state index contributed by atoms with van der Waals surface area (Å²) in [4.78, 5) is 34.2. The highest BCUT2D eigenvalue weighted by Gasteiger charge is 2.31. The van der Waals surface area contributed by atoms with Crippen molar-refractivity contribution in [1.29, 1.82) is 0 Å². The van der Waals surface area contributed by atoms with Crippen LogP contribution in [0.3, 0.4) is 0 Å². The summed E-state index contributed by atoms with van der Waals surface area (Å²) >= 11 is 0. The summed E-state index contributed by atoms with van der Waals surface area (Å²) < 4.78 is 7.94. The van der Waals surface area contributed by atoms with Crippen molar-refractivity contribution in [1.82, 2.24) is 14.4 Å². The third-order valence-electron chi connectivity index (χ3n) is 8.95. The molecule has 42 heavy (non-hydrogen) atoms. The van der Waals surface area contributed by atoms with Crippen molar-refractivity contribution in [2.24, 2.45) is 0 Å². The molecule has 0 aliphatic carbocycles. The SMILES string of the molecule is COc1c(C(=O)N2Cc3ccc(C(=O)N(C)C4CCN(C)CC4)n3Cc3ccccc32)ccc(-c2ccccc2)c1C. The summed E-state index contributed by atoms with van der Waals surface area (Å²) in [6.07, 6.45) is 1.95. The van der Waals surface area contributed by atoms with E-state index in [2.05, 4.69) is 28.6 Å². The predicted octanol–water partition coefficient (Wildman–Crippen LogP) is 5.85. The Labute approximate surface area is 247 Å². The highest BCUT2D eigenvalue weighted by molar-refractivity contribution is 6.09. The number of methoxy groups -OCH3 is 1. The molecule has 7 nitrogen and oxygen atoms in total. The molecular weight excluding hydrogens is 524 g/mol. The van der Waals surface area contributed by atoms with Crippen molar-refractivity contribution >= 4 is 17.5 Å². The van der Waals surface area contributed by atoms with E-state index in [1.807, 2.05) is 90.5 Å². The Morgan fingerprint density at radius 2 is 1.60 bits per heavy atom. The van der Waals surface area contributed by atoms with Crippen LogP contribution in [0.5, 0.6) is 5.75 Å². The number of benzene rings is 3. The highest BCUT2D eigenvalue weighted by atomic mass is 16.5. The molecule has 4 aromatic rings. The molecule has 7 heteroatoms. The average molecular weight is 563 g/mol. The maximum absolute atomic E-state index is 14.3. The number of ether oxygens (including phenoxy) is 1. The van der Waals surface area contributed by atoms with Crippen molar-refractivity contribution in [2.45, 2.75) is 38.9 Å². The normalized spacial score (nSPS) is 15.5. The average Bonchev–Trinajstić information content (AvgIpc) is 3.33. The number of piperidine rings is 1. The monoisotopic (exact) mass is 562 g/mol. The number of carbonyl (C=O) groups is 2. The van der Waals surface area contributed by atoms with Crippen LogP contribution in [0.4, 0.5) is 5.69 Å². The molecule has 1 fully saturated rings. The van der Waals surface area contributed by atoms with E-state index < -0.39 is 0 Å². The van der Waals surface area contributed by atoms with Crippen molar-refractivity contribution in [3.05, 3.63) is 107 Å². The molecule has 216 valence electrons. The molecule has 1 saturated heterocycles. The van der Waals surface area contributed by atoms with Crippen LogP contribution < -0.4 is 9.64 Å². The summed E-state index contributed by atoms with van der Waals surface area (Å²) in [6, 6.07) is 26.1. The second kappa shape index (κ2) is 11.5. The first-order valence-electron chi connectivity index (χ1n) is 14.6. The van der Waals surface area contributed by atoms with Gasteiger partial charge in [-0.3, -0.25) is 9.59 Å². The first-order valence-corrected chi connectivity index (χ1v) is 14.6. The maximum Gasteiger partial charge on any atom is 0.270 e. The fourth-order valence-electron chi connectivity index (χ4n) is 6.46. The molecule has 2 amide bonds. The van der Waals surface area contributed by atoms with E-state index in [1.165, 1.54) is 0 Å². The van der Waals surface area contributed by atoms with Crippen LogP contribution in [0.15, 0.2) is 78.9 Å². The molecule has 2 aliphatic rings. The number of aromatic nitrogens is 1. The second-order valence-electron chi connectivity index (χ2n) is 11.5. The van der Waals surface area contributed by atoms with Gasteiger partial charge in [0.25, 0.3) is 11.8 Å². The highest BCUT2D eigenvalue weighted by Crippen LogP contribution is 2.36. The van der Waals surface area contributed by atoms with Gasteiger partial charge < -0.3 is 24.0 Å². The maximum atomic E-state index is 14.3. The summed E-state index contributed by atoms with van der Waals surface area (Å²) in [5, 5.41) is 0. The van der Waals surface area contributed by atoms with Gasteiger partial charge in [-0.25, -0.2) is 0 Å². The molecule has 2 aliphatic heterocycles. The molecule has 0 spiro atoms. The smallest absolute Gasteiger partial charge is 0.270 e. The van der Waals surface area contributed by atoms with Gasteiger partial charge in [-0.2, -0.15) is 0 Å². The van der Waals surface area contributed by atoms with E-state index in [4.69, 9.17) is 4.74 Å². The Balaban J connectivity index is 1.35. The van der Waals surface area contributed by atoms with E-state index in [0.717, 1.165) is 59.6 Å². The largest absolute Gasteiger partial charge is 0.496 e. The van der Waals surface area contributed by atoms with Crippen LogP contribution >= 0.6 is 0 Å². The minimum Gasteiger partial charge on any atom is -0.496 e. The van der Waals surface area contributed by atoms with Gasteiger partial charge in [0.15, 0.2) is 0 Å². The Morgan fingerprint density at radius 3 is 2.33 bits per heavy atom. The van der Waals surface area contributed by atoms with E-state index >= 15 is 0 Å². The number of amides is 2. The number of fused-ring (bicyclic) bond motifs is 2. The third kappa shape index (κ3) is 4.98. The van der Waals surface area contributed by atoms with Gasteiger partial charge in [0.2, 0.25) is 0 Å². The van der Waals surface area contributed by atoms with Crippen molar-refractivity contribution in [3.63, 3.8) is 0 Å². The molecule has 3 aromatic carbocycles. The second-order valence-corrected chi connectivity index (χ2v) is 11.5. The molecule has 0 saturated carbocycles. The minimum absolute atomic E-state index is 0.0295. The number of likely N-dealkylation sites (tertiary alicyclic amines) is 1. The van der Waals surface area contributed by atoms with E-state index in [-0.39, 0.29) is 17.9 Å². The quantitative estimate of drug-likeness (QED) is 0.306. The number of rotatable bonds is 5. The lowest BCUT2D eigenvalue weighted by molar-refractivity contribution is 0.0649. The molecule has 0 bridgehead atoms. The van der Waals surface area contributed by atoms with Gasteiger partial charge in [-0.1, -0.05) is 54.6 Å². The molecule has 6 rings (SSSR count). The molecule has 0 N–H and O–H groups in total. The third-order valence-corrected chi connectivity index (χ3v) is 8.95. The van der Waals surface area contributed by atoms with Gasteiger partial charge in [0.05, 0.1) is 25.8 Å². The van der Waals surface area contributed by atoms with E-state index in [1.54, 1.807) is 7.11 Å². The standard InChI is InChI=1S/C35H38N4O3/c1-24-29(25-10-6-5-7-11-25)15-16-30(33(24)42-4)34(40)39-23-28-14-17-32(38(28)22-26-12-8-9-13-31(26)39)35(41)37(3)27-18-20-36(2)21-19-27/h5-17,27H,18-23H2,1-4H3. The molecule has 3 heterocycles. The van der Waals surface area contributed by atoms with Gasteiger partial charge >= 0.3 is 0 Å². The summed E-state index contributed by atoms with van der Waals surface area (Å²) in [5.74, 6) is 0.476. The summed E-state index contributed by atoms with van der Waals surface area (Å²) in [5.41, 5.74) is 6.98. The lowest BCUT2D eigenvalue weighted by Crippen LogP contribution is -2.45. The Bertz CT molecular complexity index is 1620. The number of hydrogen-bond acceptors (Lipinski definition) is 4. The lowest BCUT2D eigenvalue weighted by Gasteiger charge is -2.35. The zero-order valence-corrected chi connectivity index (χ0v) is 24.8. The van der Waals surface area contributed by atoms with Crippen LogP contribution in [0, 0.1) is 6.92 Å². The van der Waals surface area contributed by atoms with Gasteiger partial charge in [-0.05, 0) is 86.4 Å². The van der Waals surface area contributed by atoms with Crippen molar-refractivity contribution in [3.8, 4) is 16.9 Å². The van der Waals surface area contributed by atoms with Crippen LogP contribution in [0.25, 0.3) is 11.1 Å². The molecule has 0 radical (unpaired) electrons. The van der Waals surface area contributed by atoms with Crippen LogP contribution in [0.2, 0.25) is 0 Å². The van der Waals surface area contributed by atoms with Gasteiger partial charge in [0.1, 0.15) is 11.4 Å². The first kappa shape index (κ1) is 27.8. The number of carbonyl (C=O) groups excluding carboxylic acids is 2. The Morgan fingerprint density at radius 1 is 0.881 bits per heavy atom. The summed E-state index contributed by atoms with van der Waals surface area (Å²) in [6.45, 7) is 4.86. The zero-order chi connectivity index (χ0) is 29.4. The predicted molar refractivity (Wildman–Crippen MR) is 166 cm³/mol. The number of hydrogen-bond donors (Lipinski definition) is 0. The molecule has 0 atom stereocenters. The van der Waals surface area contributed by atoms with Gasteiger partial charge in [-0.15, -0.1) is 0 Å². The number of para-hydroxylation sites is 1. The summed E-state index contributed by atoms with van der Waals surface area (Å²) in [7, 11) is 5.67. The van der Waals surface area contributed by atoms with Crippen molar-refractivity contribution in [2.75, 3.05) is 39.2 Å². The fraction of sp³-hybridized carbons (Fsp3) is 0.314. The van der Waals surface area contributed by atoms with Crippen LogP contribution in [-0.4, -0.2) is 66.5 Å². The van der Waals surface area contributed by atoms with E-state index in [9.17, 15) is 9.59 Å². The topological polar surface area (TPSA) is 58.0 Å². The first-order chi connectivity index (χ1) is 20.4. The van der Waals surface area contributed by atoms with Gasteiger partial charge in [0, 0.05) is 24.5 Å². The van der Waals surface area contributed by atoms with E-state index in [0.29, 0.717) is 30.1 Å². The fourth-order valence-corrected chi connectivity index (χ4v) is 6.46. The molecule has 0 unspecified atom stereocenters. The lowest BCUT2D eigenvalue weighted by atomic mass is 9.96. The number of nitrogens with zero attached hydrogens (tertiary/aromatic N) is 4. The van der Waals surface area contributed by atoms with Crippen LogP contribution in [-0.2, 0) is 13.1 Å². The van der Waals surface area contributed by atoms with Crippen molar-refractivity contribution < 1.29 is 14.3 Å². The molecular formula is C35H38N4O3. The Kier molecular flexibility index (Phi) is 7.60.